The molecule has 1 aliphatic carbocycles. The summed E-state index contributed by atoms with van der Waals surface area (Å²) in [6.45, 7) is 0.499. The second-order valence-electron chi connectivity index (χ2n) is 6.29. The van der Waals surface area contributed by atoms with Crippen LogP contribution in [-0.4, -0.2) is 33.2 Å². The van der Waals surface area contributed by atoms with Crippen LogP contribution in [0.1, 0.15) is 40.0 Å². The number of rotatable bonds is 3. The van der Waals surface area contributed by atoms with E-state index in [0.29, 0.717) is 23.1 Å². The molecule has 0 fully saturated rings. The summed E-state index contributed by atoms with van der Waals surface area (Å²) in [6, 6.07) is 7.67. The minimum absolute atomic E-state index is 0.0192. The number of fused-ring (bicyclic) bond motifs is 2. The SMILES string of the molecule is CN(Cc1ccc2nonc2c1)C(=O)c1cnc2c(c1)CCCC2. The molecule has 0 saturated heterocycles. The van der Waals surface area contributed by atoms with E-state index < -0.39 is 0 Å². The lowest BCUT2D eigenvalue weighted by Gasteiger charge is -2.19. The van der Waals surface area contributed by atoms with Gasteiger partial charge in [-0.3, -0.25) is 9.78 Å². The van der Waals surface area contributed by atoms with Crippen molar-refractivity contribution in [1.82, 2.24) is 20.2 Å². The minimum atomic E-state index is -0.0192. The molecule has 0 N–H and O–H groups in total. The van der Waals surface area contributed by atoms with Gasteiger partial charge in [-0.25, -0.2) is 4.63 Å². The molecule has 2 heterocycles. The molecule has 6 nitrogen and oxygen atoms in total. The monoisotopic (exact) mass is 322 g/mol. The summed E-state index contributed by atoms with van der Waals surface area (Å²) in [4.78, 5) is 18.9. The number of carbonyl (C=O) groups excluding carboxylic acids is 1. The number of pyridine rings is 1. The first-order valence-electron chi connectivity index (χ1n) is 8.15. The van der Waals surface area contributed by atoms with Crippen molar-refractivity contribution in [2.75, 3.05) is 7.05 Å². The number of benzene rings is 1. The maximum atomic E-state index is 12.7. The molecule has 122 valence electrons. The van der Waals surface area contributed by atoms with Crippen molar-refractivity contribution in [3.63, 3.8) is 0 Å². The Hall–Kier alpha value is -2.76. The normalized spacial score (nSPS) is 13.7. The summed E-state index contributed by atoms with van der Waals surface area (Å²) in [6.07, 6.45) is 6.10. The highest BCUT2D eigenvalue weighted by atomic mass is 16.6. The van der Waals surface area contributed by atoms with Crippen LogP contribution in [0.3, 0.4) is 0 Å². The fourth-order valence-electron chi connectivity index (χ4n) is 3.20. The Morgan fingerprint density at radius 3 is 2.92 bits per heavy atom. The van der Waals surface area contributed by atoms with Gasteiger partial charge in [-0.05, 0) is 65.3 Å². The predicted molar refractivity (Wildman–Crippen MR) is 88.5 cm³/mol. The van der Waals surface area contributed by atoms with Crippen molar-refractivity contribution in [3.05, 3.63) is 52.8 Å². The molecule has 4 rings (SSSR count). The lowest BCUT2D eigenvalue weighted by atomic mass is 9.95. The van der Waals surface area contributed by atoms with Crippen LogP contribution < -0.4 is 0 Å². The molecular weight excluding hydrogens is 304 g/mol. The average Bonchev–Trinajstić information content (AvgIpc) is 3.08. The largest absolute Gasteiger partial charge is 0.337 e. The number of hydrogen-bond acceptors (Lipinski definition) is 5. The van der Waals surface area contributed by atoms with Gasteiger partial charge in [-0.15, -0.1) is 0 Å². The van der Waals surface area contributed by atoms with Crippen molar-refractivity contribution in [2.24, 2.45) is 0 Å². The molecule has 24 heavy (non-hydrogen) atoms. The molecule has 0 radical (unpaired) electrons. The molecule has 0 aliphatic heterocycles. The van der Waals surface area contributed by atoms with E-state index in [0.717, 1.165) is 24.1 Å². The van der Waals surface area contributed by atoms with Crippen LogP contribution in [0.2, 0.25) is 0 Å². The fraction of sp³-hybridized carbons (Fsp3) is 0.333. The van der Waals surface area contributed by atoms with Gasteiger partial charge in [0, 0.05) is 25.5 Å². The van der Waals surface area contributed by atoms with Gasteiger partial charge in [0.05, 0.1) is 5.56 Å². The van der Waals surface area contributed by atoms with E-state index in [9.17, 15) is 4.79 Å². The summed E-state index contributed by atoms with van der Waals surface area (Å²) < 4.78 is 4.71. The van der Waals surface area contributed by atoms with Crippen LogP contribution in [0.15, 0.2) is 35.1 Å². The van der Waals surface area contributed by atoms with Gasteiger partial charge in [0.2, 0.25) is 0 Å². The zero-order valence-corrected chi connectivity index (χ0v) is 13.5. The zero-order chi connectivity index (χ0) is 16.5. The van der Waals surface area contributed by atoms with E-state index >= 15 is 0 Å². The van der Waals surface area contributed by atoms with Gasteiger partial charge < -0.3 is 4.90 Å². The summed E-state index contributed by atoms with van der Waals surface area (Å²) in [5.41, 5.74) is 5.41. The highest BCUT2D eigenvalue weighted by Crippen LogP contribution is 2.21. The Morgan fingerprint density at radius 2 is 2.00 bits per heavy atom. The Labute approximate surface area is 139 Å². The second-order valence-corrected chi connectivity index (χ2v) is 6.29. The first-order chi connectivity index (χ1) is 11.7. The van der Waals surface area contributed by atoms with Crippen LogP contribution in [0.5, 0.6) is 0 Å². The highest BCUT2D eigenvalue weighted by molar-refractivity contribution is 5.94. The molecule has 0 saturated carbocycles. The van der Waals surface area contributed by atoms with Crippen molar-refractivity contribution in [3.8, 4) is 0 Å². The van der Waals surface area contributed by atoms with Gasteiger partial charge in [-0.1, -0.05) is 6.07 Å². The molecule has 1 amide bonds. The Bertz CT molecular complexity index is 903. The van der Waals surface area contributed by atoms with Crippen molar-refractivity contribution in [1.29, 1.82) is 0 Å². The summed E-state index contributed by atoms with van der Waals surface area (Å²) in [5, 5.41) is 7.63. The van der Waals surface area contributed by atoms with Crippen LogP contribution in [0.25, 0.3) is 11.0 Å². The number of aromatic nitrogens is 3. The molecule has 2 aromatic heterocycles. The molecule has 1 aliphatic rings. The Balaban J connectivity index is 1.53. The smallest absolute Gasteiger partial charge is 0.255 e. The van der Waals surface area contributed by atoms with E-state index in [1.165, 1.54) is 18.4 Å². The highest BCUT2D eigenvalue weighted by Gasteiger charge is 2.17. The molecule has 0 atom stereocenters. The van der Waals surface area contributed by atoms with E-state index in [2.05, 4.69) is 15.3 Å². The van der Waals surface area contributed by atoms with Gasteiger partial charge in [-0.2, -0.15) is 0 Å². The number of amides is 1. The second kappa shape index (κ2) is 6.03. The first kappa shape index (κ1) is 14.8. The van der Waals surface area contributed by atoms with Gasteiger partial charge in [0.25, 0.3) is 5.91 Å². The standard InChI is InChI=1S/C18H18N4O2/c1-22(11-12-6-7-16-17(8-12)21-24-20-16)18(23)14-9-13-4-2-3-5-15(13)19-10-14/h6-10H,2-5,11H2,1H3. The van der Waals surface area contributed by atoms with E-state index in [1.807, 2.05) is 24.3 Å². The number of hydrogen-bond donors (Lipinski definition) is 0. The first-order valence-corrected chi connectivity index (χ1v) is 8.15. The maximum Gasteiger partial charge on any atom is 0.255 e. The molecule has 3 aromatic rings. The fourth-order valence-corrected chi connectivity index (χ4v) is 3.20. The van der Waals surface area contributed by atoms with Crippen LogP contribution in [-0.2, 0) is 19.4 Å². The summed E-state index contributed by atoms with van der Waals surface area (Å²) >= 11 is 0. The minimum Gasteiger partial charge on any atom is -0.337 e. The third kappa shape index (κ3) is 2.75. The maximum absolute atomic E-state index is 12.7. The molecular formula is C18H18N4O2. The predicted octanol–water partition coefficient (Wildman–Crippen LogP) is 2.77. The van der Waals surface area contributed by atoms with Crippen molar-refractivity contribution < 1.29 is 9.42 Å². The van der Waals surface area contributed by atoms with Gasteiger partial charge in [0.15, 0.2) is 0 Å². The van der Waals surface area contributed by atoms with Crippen LogP contribution in [0.4, 0.5) is 0 Å². The van der Waals surface area contributed by atoms with Crippen LogP contribution in [0, 0.1) is 0 Å². The molecule has 6 heteroatoms. The van der Waals surface area contributed by atoms with E-state index in [4.69, 9.17) is 4.63 Å². The number of aryl methyl sites for hydroxylation is 2. The quantitative estimate of drug-likeness (QED) is 0.741. The average molecular weight is 322 g/mol. The lowest BCUT2D eigenvalue weighted by molar-refractivity contribution is 0.0784. The molecule has 0 unspecified atom stereocenters. The molecule has 1 aromatic carbocycles. The summed E-state index contributed by atoms with van der Waals surface area (Å²) in [7, 11) is 1.80. The number of carbonyl (C=O) groups is 1. The zero-order valence-electron chi connectivity index (χ0n) is 13.5. The Morgan fingerprint density at radius 1 is 1.17 bits per heavy atom. The van der Waals surface area contributed by atoms with Gasteiger partial charge in [0.1, 0.15) is 11.0 Å². The Kier molecular flexibility index (Phi) is 3.72. The molecule has 0 bridgehead atoms. The van der Waals surface area contributed by atoms with Crippen molar-refractivity contribution in [2.45, 2.75) is 32.2 Å². The van der Waals surface area contributed by atoms with Crippen LogP contribution >= 0.6 is 0 Å². The molecule has 0 spiro atoms. The topological polar surface area (TPSA) is 72.1 Å². The number of nitrogens with zero attached hydrogens (tertiary/aromatic N) is 4. The lowest BCUT2D eigenvalue weighted by Crippen LogP contribution is -2.26. The van der Waals surface area contributed by atoms with Crippen molar-refractivity contribution >= 4 is 16.9 Å². The van der Waals surface area contributed by atoms with E-state index in [-0.39, 0.29) is 5.91 Å². The third-order valence-electron chi connectivity index (χ3n) is 4.50. The van der Waals surface area contributed by atoms with Gasteiger partial charge >= 0.3 is 0 Å². The summed E-state index contributed by atoms with van der Waals surface area (Å²) in [5.74, 6) is -0.0192. The third-order valence-corrected chi connectivity index (χ3v) is 4.50. The van der Waals surface area contributed by atoms with E-state index in [1.54, 1.807) is 18.1 Å².